The van der Waals surface area contributed by atoms with Gasteiger partial charge in [0.15, 0.2) is 11.5 Å². The van der Waals surface area contributed by atoms with Crippen LogP contribution in [-0.2, 0) is 16.8 Å². The second-order valence-corrected chi connectivity index (χ2v) is 7.48. The zero-order chi connectivity index (χ0) is 19.6. The van der Waals surface area contributed by atoms with Gasteiger partial charge in [0, 0.05) is 24.2 Å². The molecule has 0 atom stereocenters. The molecule has 0 unspecified atom stereocenters. The monoisotopic (exact) mass is 387 g/mol. The van der Waals surface area contributed by atoms with Crippen molar-refractivity contribution in [2.45, 2.75) is 13.5 Å². The number of benzene rings is 2. The Labute approximate surface area is 158 Å². The molecule has 0 aliphatic carbocycles. The molecule has 1 heterocycles. The van der Waals surface area contributed by atoms with Crippen LogP contribution in [0.5, 0.6) is 11.5 Å². The van der Waals surface area contributed by atoms with Crippen LogP contribution in [0.3, 0.4) is 0 Å². The second-order valence-electron chi connectivity index (χ2n) is 6.10. The Kier molecular flexibility index (Phi) is 5.31. The summed E-state index contributed by atoms with van der Waals surface area (Å²) in [5.74, 6) is 1.25. The van der Waals surface area contributed by atoms with E-state index in [4.69, 9.17) is 14.6 Å². The summed E-state index contributed by atoms with van der Waals surface area (Å²) in [6.45, 7) is 2.13. The fourth-order valence-electron chi connectivity index (χ4n) is 2.98. The number of aromatic nitrogens is 1. The van der Waals surface area contributed by atoms with Crippen molar-refractivity contribution in [2.24, 2.45) is 5.14 Å². The van der Waals surface area contributed by atoms with Crippen molar-refractivity contribution in [1.82, 2.24) is 9.71 Å². The summed E-state index contributed by atoms with van der Waals surface area (Å²) in [7, 11) is -0.531. The van der Waals surface area contributed by atoms with Gasteiger partial charge < -0.3 is 9.47 Å². The minimum absolute atomic E-state index is 0.139. The van der Waals surface area contributed by atoms with Crippen LogP contribution in [-0.4, -0.2) is 27.6 Å². The molecule has 142 valence electrons. The molecule has 0 spiro atoms. The smallest absolute Gasteiger partial charge is 0.274 e. The number of hydrogen-bond donors (Lipinski definition) is 2. The van der Waals surface area contributed by atoms with E-state index in [1.807, 2.05) is 49.5 Å². The lowest BCUT2D eigenvalue weighted by Gasteiger charge is -2.14. The van der Waals surface area contributed by atoms with Crippen molar-refractivity contribution in [3.05, 3.63) is 53.7 Å². The van der Waals surface area contributed by atoms with Gasteiger partial charge in [-0.25, -0.2) is 5.14 Å². The van der Waals surface area contributed by atoms with Crippen LogP contribution in [0.15, 0.2) is 42.6 Å². The van der Waals surface area contributed by atoms with E-state index < -0.39 is 10.2 Å². The number of aryl methyl sites for hydroxylation is 1. The molecule has 3 rings (SSSR count). The first kappa shape index (κ1) is 19.1. The lowest BCUT2D eigenvalue weighted by Crippen LogP contribution is -2.30. The van der Waals surface area contributed by atoms with Gasteiger partial charge in [-0.15, -0.1) is 0 Å². The van der Waals surface area contributed by atoms with Crippen LogP contribution in [0, 0.1) is 6.92 Å². The van der Waals surface area contributed by atoms with Gasteiger partial charge in [0.05, 0.1) is 19.7 Å². The Hall–Kier alpha value is -2.68. The van der Waals surface area contributed by atoms with E-state index in [-0.39, 0.29) is 6.54 Å². The van der Waals surface area contributed by atoms with Crippen molar-refractivity contribution in [3.63, 3.8) is 0 Å². The Morgan fingerprint density at radius 1 is 1.07 bits per heavy atom. The molecule has 7 nitrogen and oxygen atoms in total. The predicted octanol–water partition coefficient (Wildman–Crippen LogP) is 2.52. The largest absolute Gasteiger partial charge is 0.493 e. The van der Waals surface area contributed by atoms with E-state index >= 15 is 0 Å². The number of nitrogens with zero attached hydrogens (tertiary/aromatic N) is 1. The van der Waals surface area contributed by atoms with E-state index in [9.17, 15) is 8.42 Å². The Bertz CT molecular complexity index is 1080. The van der Waals surface area contributed by atoms with Gasteiger partial charge in [0.25, 0.3) is 10.2 Å². The molecule has 0 aliphatic heterocycles. The number of fused-ring (bicyclic) bond motifs is 1. The summed E-state index contributed by atoms with van der Waals surface area (Å²) in [4.78, 5) is 4.50. The maximum Gasteiger partial charge on any atom is 0.274 e. The normalized spacial score (nSPS) is 11.6. The van der Waals surface area contributed by atoms with Crippen LogP contribution in [0.4, 0.5) is 0 Å². The molecule has 0 aliphatic rings. The van der Waals surface area contributed by atoms with Gasteiger partial charge in [-0.3, -0.25) is 4.98 Å². The fraction of sp³-hybridized carbons (Fsp3) is 0.211. The molecular formula is C19H21N3O4S. The first-order chi connectivity index (χ1) is 12.8. The molecule has 27 heavy (non-hydrogen) atoms. The van der Waals surface area contributed by atoms with Crippen LogP contribution < -0.4 is 19.3 Å². The zero-order valence-corrected chi connectivity index (χ0v) is 16.1. The van der Waals surface area contributed by atoms with Crippen LogP contribution >= 0.6 is 0 Å². The Morgan fingerprint density at radius 3 is 2.30 bits per heavy atom. The molecule has 0 saturated heterocycles. The van der Waals surface area contributed by atoms with Gasteiger partial charge in [0.1, 0.15) is 0 Å². The first-order valence-electron chi connectivity index (χ1n) is 8.20. The van der Waals surface area contributed by atoms with E-state index in [1.54, 1.807) is 14.2 Å². The average Bonchev–Trinajstić information content (AvgIpc) is 2.65. The van der Waals surface area contributed by atoms with Crippen molar-refractivity contribution >= 4 is 21.1 Å². The Balaban J connectivity index is 2.06. The molecule has 0 bridgehead atoms. The van der Waals surface area contributed by atoms with Gasteiger partial charge in [-0.1, -0.05) is 24.3 Å². The van der Waals surface area contributed by atoms with Crippen LogP contribution in [0.2, 0.25) is 0 Å². The molecular weight excluding hydrogens is 366 g/mol. The van der Waals surface area contributed by atoms with Crippen molar-refractivity contribution in [1.29, 1.82) is 0 Å². The predicted molar refractivity (Wildman–Crippen MR) is 105 cm³/mol. The van der Waals surface area contributed by atoms with Gasteiger partial charge in [-0.05, 0) is 35.2 Å². The van der Waals surface area contributed by atoms with Crippen molar-refractivity contribution in [3.8, 4) is 22.6 Å². The van der Waals surface area contributed by atoms with Gasteiger partial charge in [-0.2, -0.15) is 13.1 Å². The molecule has 0 amide bonds. The summed E-state index contributed by atoms with van der Waals surface area (Å²) in [5, 5.41) is 5.92. The number of nitrogens with two attached hydrogens (primary N) is 1. The highest BCUT2D eigenvalue weighted by Gasteiger charge is 2.13. The zero-order valence-electron chi connectivity index (χ0n) is 15.3. The molecule has 0 saturated carbocycles. The van der Waals surface area contributed by atoms with Crippen molar-refractivity contribution < 1.29 is 17.9 Å². The van der Waals surface area contributed by atoms with Crippen LogP contribution in [0.25, 0.3) is 22.0 Å². The number of nitrogens with one attached hydrogen (secondary N) is 1. The second kappa shape index (κ2) is 7.51. The number of rotatable bonds is 6. The minimum Gasteiger partial charge on any atom is -0.493 e. The summed E-state index contributed by atoms with van der Waals surface area (Å²) < 4.78 is 35.1. The molecule has 0 radical (unpaired) electrons. The van der Waals surface area contributed by atoms with Gasteiger partial charge in [0.2, 0.25) is 0 Å². The summed E-state index contributed by atoms with van der Waals surface area (Å²) in [6, 6.07) is 11.4. The summed E-state index contributed by atoms with van der Waals surface area (Å²) >= 11 is 0. The van der Waals surface area contributed by atoms with E-state index in [0.717, 1.165) is 33.2 Å². The third kappa shape index (κ3) is 4.19. The van der Waals surface area contributed by atoms with Gasteiger partial charge >= 0.3 is 0 Å². The highest BCUT2D eigenvalue weighted by molar-refractivity contribution is 7.87. The third-order valence-corrected chi connectivity index (χ3v) is 4.83. The Morgan fingerprint density at radius 2 is 1.70 bits per heavy atom. The molecule has 0 fully saturated rings. The molecule has 1 aromatic heterocycles. The minimum atomic E-state index is -3.72. The number of methoxy groups -OCH3 is 2. The maximum absolute atomic E-state index is 11.0. The lowest BCUT2D eigenvalue weighted by molar-refractivity contribution is 0.356. The van der Waals surface area contributed by atoms with Crippen molar-refractivity contribution in [2.75, 3.05) is 14.2 Å². The fourth-order valence-corrected chi connectivity index (χ4v) is 3.34. The molecule has 3 aromatic rings. The molecule has 8 heteroatoms. The maximum atomic E-state index is 11.0. The highest BCUT2D eigenvalue weighted by Crippen LogP contribution is 2.37. The molecule has 3 N–H and O–H groups in total. The van der Waals surface area contributed by atoms with E-state index in [1.165, 1.54) is 0 Å². The summed E-state index contributed by atoms with van der Waals surface area (Å²) in [6.07, 6.45) is 1.82. The topological polar surface area (TPSA) is 104 Å². The van der Waals surface area contributed by atoms with Crippen LogP contribution in [0.1, 0.15) is 11.1 Å². The van der Waals surface area contributed by atoms with E-state index in [2.05, 4.69) is 9.71 Å². The average molecular weight is 387 g/mol. The summed E-state index contributed by atoms with van der Waals surface area (Å²) in [5.41, 5.74) is 4.65. The quantitative estimate of drug-likeness (QED) is 0.676. The number of hydrogen-bond acceptors (Lipinski definition) is 5. The highest BCUT2D eigenvalue weighted by atomic mass is 32.2. The standard InChI is InChI=1S/C19H21N3O4S/c1-12-10-21-16-9-18(26-3)17(25-2)8-15(16)19(12)14-6-4-13(5-7-14)11-22-27(20,23)24/h4-10,22H,11H2,1-3H3,(H2,20,23,24). The molecule has 2 aromatic carbocycles. The lowest BCUT2D eigenvalue weighted by atomic mass is 9.96. The third-order valence-electron chi connectivity index (χ3n) is 4.28. The first-order valence-corrected chi connectivity index (χ1v) is 9.75. The number of pyridine rings is 1. The van der Waals surface area contributed by atoms with E-state index in [0.29, 0.717) is 11.5 Å². The number of ether oxygens (including phenoxy) is 2. The SMILES string of the molecule is COc1cc2ncc(C)c(-c3ccc(CNS(N)(=O)=O)cc3)c2cc1OC.